The molecular formula is C11H13Cl2NOS. The fourth-order valence-corrected chi connectivity index (χ4v) is 3.23. The van der Waals surface area contributed by atoms with Crippen molar-refractivity contribution in [2.45, 2.75) is 38.1 Å². The van der Waals surface area contributed by atoms with Crippen molar-refractivity contribution in [1.29, 1.82) is 0 Å². The number of amides is 1. The van der Waals surface area contributed by atoms with Crippen molar-refractivity contribution < 1.29 is 4.79 Å². The Labute approximate surface area is 109 Å². The number of thiophene rings is 1. The standard InChI is InChI=1S/C11H13Cl2NOS/c12-8-6-9(16-10(8)13)11(15)14-7-4-2-1-3-5-7/h6-7H,1-5H2,(H,14,15). The summed E-state index contributed by atoms with van der Waals surface area (Å²) in [7, 11) is 0. The molecule has 0 saturated heterocycles. The van der Waals surface area contributed by atoms with Gasteiger partial charge in [0.1, 0.15) is 4.34 Å². The summed E-state index contributed by atoms with van der Waals surface area (Å²) in [4.78, 5) is 12.5. The van der Waals surface area contributed by atoms with Gasteiger partial charge in [-0.1, -0.05) is 42.5 Å². The van der Waals surface area contributed by atoms with Gasteiger partial charge in [0, 0.05) is 6.04 Å². The summed E-state index contributed by atoms with van der Waals surface area (Å²) in [5.41, 5.74) is 0. The van der Waals surface area contributed by atoms with Crippen molar-refractivity contribution in [3.05, 3.63) is 20.3 Å². The summed E-state index contributed by atoms with van der Waals surface area (Å²) < 4.78 is 0.482. The molecule has 88 valence electrons. The van der Waals surface area contributed by atoms with Gasteiger partial charge in [-0.25, -0.2) is 0 Å². The van der Waals surface area contributed by atoms with E-state index in [2.05, 4.69) is 5.32 Å². The third-order valence-electron chi connectivity index (χ3n) is 2.81. The third kappa shape index (κ3) is 2.90. The minimum atomic E-state index is -0.0503. The largest absolute Gasteiger partial charge is 0.349 e. The summed E-state index contributed by atoms with van der Waals surface area (Å²) >= 11 is 12.9. The lowest BCUT2D eigenvalue weighted by molar-refractivity contribution is 0.0932. The Hall–Kier alpha value is -0.250. The predicted molar refractivity (Wildman–Crippen MR) is 68.7 cm³/mol. The van der Waals surface area contributed by atoms with Gasteiger partial charge < -0.3 is 5.32 Å². The van der Waals surface area contributed by atoms with Gasteiger partial charge in [-0.05, 0) is 18.9 Å². The lowest BCUT2D eigenvalue weighted by Gasteiger charge is -2.22. The number of halogens is 2. The van der Waals surface area contributed by atoms with Crippen molar-refractivity contribution in [3.63, 3.8) is 0 Å². The molecule has 1 amide bonds. The Bertz CT molecular complexity index is 366. The van der Waals surface area contributed by atoms with E-state index in [1.54, 1.807) is 6.07 Å². The van der Waals surface area contributed by atoms with Crippen LogP contribution in [0.25, 0.3) is 0 Å². The maximum Gasteiger partial charge on any atom is 0.261 e. The van der Waals surface area contributed by atoms with E-state index in [-0.39, 0.29) is 5.91 Å². The van der Waals surface area contributed by atoms with Crippen LogP contribution in [0.15, 0.2) is 6.07 Å². The first-order chi connectivity index (χ1) is 7.66. The van der Waals surface area contributed by atoms with Gasteiger partial charge >= 0.3 is 0 Å². The Morgan fingerprint density at radius 3 is 2.56 bits per heavy atom. The van der Waals surface area contributed by atoms with E-state index in [0.717, 1.165) is 12.8 Å². The van der Waals surface area contributed by atoms with E-state index in [1.165, 1.54) is 30.6 Å². The monoisotopic (exact) mass is 277 g/mol. The molecule has 1 aromatic heterocycles. The van der Waals surface area contributed by atoms with Gasteiger partial charge in [-0.2, -0.15) is 0 Å². The molecule has 5 heteroatoms. The molecule has 1 aliphatic carbocycles. The molecule has 1 aromatic rings. The second-order valence-corrected chi connectivity index (χ2v) is 6.10. The normalized spacial score (nSPS) is 17.4. The second-order valence-electron chi connectivity index (χ2n) is 4.04. The van der Waals surface area contributed by atoms with Gasteiger partial charge in [-0.3, -0.25) is 4.79 Å². The molecule has 1 fully saturated rings. The Balaban J connectivity index is 1.96. The number of nitrogens with one attached hydrogen (secondary N) is 1. The number of carbonyl (C=O) groups is 1. The third-order valence-corrected chi connectivity index (χ3v) is 4.67. The number of hydrogen-bond acceptors (Lipinski definition) is 2. The fourth-order valence-electron chi connectivity index (χ4n) is 1.96. The van der Waals surface area contributed by atoms with Crippen molar-refractivity contribution in [3.8, 4) is 0 Å². The number of hydrogen-bond donors (Lipinski definition) is 1. The van der Waals surface area contributed by atoms with Crippen LogP contribution < -0.4 is 5.32 Å². The predicted octanol–water partition coefficient (Wildman–Crippen LogP) is 4.12. The minimum Gasteiger partial charge on any atom is -0.349 e. The van der Waals surface area contributed by atoms with Crippen molar-refractivity contribution in [1.82, 2.24) is 5.32 Å². The van der Waals surface area contributed by atoms with Crippen LogP contribution >= 0.6 is 34.5 Å². The summed E-state index contributed by atoms with van der Waals surface area (Å²) in [5.74, 6) is -0.0503. The first kappa shape index (κ1) is 12.2. The molecule has 0 spiro atoms. The highest BCUT2D eigenvalue weighted by molar-refractivity contribution is 7.18. The van der Waals surface area contributed by atoms with E-state index in [4.69, 9.17) is 23.2 Å². The van der Waals surface area contributed by atoms with E-state index < -0.39 is 0 Å². The zero-order chi connectivity index (χ0) is 11.5. The van der Waals surface area contributed by atoms with Crippen LogP contribution in [0.1, 0.15) is 41.8 Å². The highest BCUT2D eigenvalue weighted by Gasteiger charge is 2.18. The number of rotatable bonds is 2. The van der Waals surface area contributed by atoms with E-state index in [9.17, 15) is 4.79 Å². The Morgan fingerprint density at radius 2 is 2.00 bits per heavy atom. The average molecular weight is 278 g/mol. The molecule has 0 aromatic carbocycles. The summed E-state index contributed by atoms with van der Waals surface area (Å²) in [6.07, 6.45) is 5.86. The molecule has 0 atom stereocenters. The second kappa shape index (κ2) is 5.39. The van der Waals surface area contributed by atoms with Crippen LogP contribution in [-0.2, 0) is 0 Å². The molecule has 0 radical (unpaired) electrons. The molecule has 16 heavy (non-hydrogen) atoms. The van der Waals surface area contributed by atoms with Crippen molar-refractivity contribution >= 4 is 40.4 Å². The average Bonchev–Trinajstić information content (AvgIpc) is 2.61. The van der Waals surface area contributed by atoms with Gasteiger partial charge in [0.2, 0.25) is 0 Å². The molecule has 1 saturated carbocycles. The molecule has 0 bridgehead atoms. The molecule has 1 aliphatic rings. The molecule has 2 nitrogen and oxygen atoms in total. The fraction of sp³-hybridized carbons (Fsp3) is 0.545. The highest BCUT2D eigenvalue weighted by atomic mass is 35.5. The Morgan fingerprint density at radius 1 is 1.31 bits per heavy atom. The van der Waals surface area contributed by atoms with Gasteiger partial charge in [0.25, 0.3) is 5.91 Å². The highest BCUT2D eigenvalue weighted by Crippen LogP contribution is 2.31. The van der Waals surface area contributed by atoms with Crippen LogP contribution in [0.2, 0.25) is 9.36 Å². The number of carbonyl (C=O) groups excluding carboxylic acids is 1. The van der Waals surface area contributed by atoms with Gasteiger partial charge in [-0.15, -0.1) is 11.3 Å². The molecule has 1 heterocycles. The molecular weight excluding hydrogens is 265 g/mol. The van der Waals surface area contributed by atoms with Crippen LogP contribution in [0, 0.1) is 0 Å². The summed E-state index contributed by atoms with van der Waals surface area (Å²) in [5, 5.41) is 3.49. The molecule has 0 unspecified atom stereocenters. The summed E-state index contributed by atoms with van der Waals surface area (Å²) in [6, 6.07) is 1.95. The maximum absolute atomic E-state index is 11.9. The quantitative estimate of drug-likeness (QED) is 0.866. The minimum absolute atomic E-state index is 0.0503. The van der Waals surface area contributed by atoms with Gasteiger partial charge in [0.05, 0.1) is 9.90 Å². The van der Waals surface area contributed by atoms with E-state index in [1.807, 2.05) is 0 Å². The van der Waals surface area contributed by atoms with E-state index >= 15 is 0 Å². The lowest BCUT2D eigenvalue weighted by Crippen LogP contribution is -2.35. The zero-order valence-electron chi connectivity index (χ0n) is 8.76. The van der Waals surface area contributed by atoms with Crippen molar-refractivity contribution in [2.24, 2.45) is 0 Å². The molecule has 2 rings (SSSR count). The first-order valence-corrected chi connectivity index (χ1v) is 7.00. The van der Waals surface area contributed by atoms with Crippen LogP contribution in [-0.4, -0.2) is 11.9 Å². The van der Waals surface area contributed by atoms with Crippen LogP contribution in [0.4, 0.5) is 0 Å². The zero-order valence-corrected chi connectivity index (χ0v) is 11.1. The Kier molecular flexibility index (Phi) is 4.11. The smallest absolute Gasteiger partial charge is 0.261 e. The SMILES string of the molecule is O=C(NC1CCCCC1)c1cc(Cl)c(Cl)s1. The molecule has 0 aliphatic heterocycles. The van der Waals surface area contributed by atoms with Crippen LogP contribution in [0.3, 0.4) is 0 Å². The lowest BCUT2D eigenvalue weighted by atomic mass is 9.95. The summed E-state index contributed by atoms with van der Waals surface area (Å²) in [6.45, 7) is 0. The molecule has 1 N–H and O–H groups in total. The van der Waals surface area contributed by atoms with E-state index in [0.29, 0.717) is 20.3 Å². The maximum atomic E-state index is 11.9. The van der Waals surface area contributed by atoms with Crippen molar-refractivity contribution in [2.75, 3.05) is 0 Å². The van der Waals surface area contributed by atoms with Gasteiger partial charge in [0.15, 0.2) is 0 Å². The van der Waals surface area contributed by atoms with Crippen LogP contribution in [0.5, 0.6) is 0 Å². The first-order valence-electron chi connectivity index (χ1n) is 5.42. The topological polar surface area (TPSA) is 29.1 Å².